The molecule has 0 fully saturated rings. The van der Waals surface area contributed by atoms with Gasteiger partial charge in [-0.25, -0.2) is 4.90 Å². The molecule has 0 radical (unpaired) electrons. The Hall–Kier alpha value is -5.48. The van der Waals surface area contributed by atoms with Crippen molar-refractivity contribution >= 4 is 23.4 Å². The standard InChI is InChI=1S/C31H25N3O7/c35-26(21-10-3-1-4-11-21)28(32-30(37)24-15-8-18-40-24)34(20-23-14-7-17-39-23)29(27(36)22-12-5-2-6-13-22)33-31(38)25-16-9-19-41-25/h1-19,28-29H,20H2,(H,32,37)(H,33,38)/t28-,29-/m0/s1. The highest BCUT2D eigenvalue weighted by Gasteiger charge is 2.39. The van der Waals surface area contributed by atoms with Gasteiger partial charge in [0.2, 0.25) is 0 Å². The lowest BCUT2D eigenvalue weighted by Crippen LogP contribution is -2.62. The first-order valence-corrected chi connectivity index (χ1v) is 12.7. The molecule has 0 aliphatic rings. The zero-order valence-electron chi connectivity index (χ0n) is 21.6. The van der Waals surface area contributed by atoms with Crippen LogP contribution in [-0.4, -0.2) is 40.6 Å². The summed E-state index contributed by atoms with van der Waals surface area (Å²) in [4.78, 5) is 55.9. The Labute approximate surface area is 234 Å². The zero-order chi connectivity index (χ0) is 28.6. The molecule has 10 nitrogen and oxygen atoms in total. The van der Waals surface area contributed by atoms with Gasteiger partial charge >= 0.3 is 0 Å². The van der Waals surface area contributed by atoms with Crippen LogP contribution in [0.2, 0.25) is 0 Å². The third-order valence-electron chi connectivity index (χ3n) is 6.22. The molecular formula is C31H25N3O7. The van der Waals surface area contributed by atoms with Crippen molar-refractivity contribution in [3.63, 3.8) is 0 Å². The van der Waals surface area contributed by atoms with Crippen molar-refractivity contribution in [3.05, 3.63) is 144 Å². The number of hydrogen-bond acceptors (Lipinski definition) is 8. The van der Waals surface area contributed by atoms with Gasteiger partial charge in [-0.3, -0.25) is 19.2 Å². The highest BCUT2D eigenvalue weighted by molar-refractivity contribution is 6.06. The highest BCUT2D eigenvalue weighted by Crippen LogP contribution is 2.19. The lowest BCUT2D eigenvalue weighted by molar-refractivity contribution is 0.0402. The van der Waals surface area contributed by atoms with E-state index < -0.39 is 35.7 Å². The summed E-state index contributed by atoms with van der Waals surface area (Å²) in [6, 6.07) is 25.9. The van der Waals surface area contributed by atoms with Gasteiger partial charge in [0.1, 0.15) is 18.1 Å². The molecule has 0 unspecified atom stereocenters. The summed E-state index contributed by atoms with van der Waals surface area (Å²) in [5, 5.41) is 5.40. The van der Waals surface area contributed by atoms with Crippen LogP contribution < -0.4 is 10.6 Å². The molecule has 0 bridgehead atoms. The van der Waals surface area contributed by atoms with E-state index in [-0.39, 0.29) is 29.2 Å². The minimum Gasteiger partial charge on any atom is -0.468 e. The molecule has 2 aromatic carbocycles. The predicted molar refractivity (Wildman–Crippen MR) is 146 cm³/mol. The van der Waals surface area contributed by atoms with E-state index in [1.54, 1.807) is 72.8 Å². The molecule has 0 spiro atoms. The van der Waals surface area contributed by atoms with Crippen LogP contribution >= 0.6 is 0 Å². The summed E-state index contributed by atoms with van der Waals surface area (Å²) in [6.07, 6.45) is 1.20. The Morgan fingerprint density at radius 2 is 1.00 bits per heavy atom. The van der Waals surface area contributed by atoms with Gasteiger partial charge in [-0.2, -0.15) is 0 Å². The van der Waals surface area contributed by atoms with E-state index in [4.69, 9.17) is 13.3 Å². The topological polar surface area (TPSA) is 135 Å². The molecule has 3 aromatic heterocycles. The Bertz CT molecular complexity index is 1480. The smallest absolute Gasteiger partial charge is 0.288 e. The second-order valence-electron chi connectivity index (χ2n) is 8.92. The third kappa shape index (κ3) is 6.40. The molecule has 5 rings (SSSR count). The number of Topliss-reactive ketones (excluding diaryl/α,β-unsaturated/α-hetero) is 2. The molecule has 5 aromatic rings. The van der Waals surface area contributed by atoms with E-state index in [9.17, 15) is 19.2 Å². The maximum absolute atomic E-state index is 14.0. The van der Waals surface area contributed by atoms with Crippen LogP contribution in [0.5, 0.6) is 0 Å². The van der Waals surface area contributed by atoms with E-state index in [0.29, 0.717) is 5.76 Å². The maximum atomic E-state index is 14.0. The first-order chi connectivity index (χ1) is 20.0. The minimum absolute atomic E-state index is 0.0423. The number of ketones is 2. The minimum atomic E-state index is -1.45. The number of hydrogen-bond donors (Lipinski definition) is 2. The summed E-state index contributed by atoms with van der Waals surface area (Å²) in [7, 11) is 0. The van der Waals surface area contributed by atoms with Crippen molar-refractivity contribution in [1.82, 2.24) is 15.5 Å². The number of nitrogens with zero attached hydrogens (tertiary/aromatic N) is 1. The van der Waals surface area contributed by atoms with Crippen molar-refractivity contribution in [2.75, 3.05) is 0 Å². The number of carbonyl (C=O) groups is 4. The molecule has 10 heteroatoms. The van der Waals surface area contributed by atoms with Gasteiger partial charge in [-0.15, -0.1) is 0 Å². The molecule has 206 valence electrons. The molecule has 0 saturated carbocycles. The molecule has 0 aliphatic carbocycles. The summed E-state index contributed by atoms with van der Waals surface area (Å²) < 4.78 is 16.1. The highest BCUT2D eigenvalue weighted by atomic mass is 16.3. The van der Waals surface area contributed by atoms with Crippen molar-refractivity contribution < 1.29 is 32.4 Å². The van der Waals surface area contributed by atoms with Crippen molar-refractivity contribution in [3.8, 4) is 0 Å². The molecule has 41 heavy (non-hydrogen) atoms. The molecule has 0 aliphatic heterocycles. The number of amides is 2. The lowest BCUT2D eigenvalue weighted by atomic mass is 10.0. The van der Waals surface area contributed by atoms with Crippen molar-refractivity contribution in [2.45, 2.75) is 18.9 Å². The molecular weight excluding hydrogens is 526 g/mol. The second kappa shape index (κ2) is 12.6. The van der Waals surface area contributed by atoms with E-state index in [2.05, 4.69) is 10.6 Å². The van der Waals surface area contributed by atoms with Gasteiger partial charge in [0, 0.05) is 11.1 Å². The average molecular weight is 552 g/mol. The first kappa shape index (κ1) is 27.1. The summed E-state index contributed by atoms with van der Waals surface area (Å²) in [6.45, 7) is -0.143. The van der Waals surface area contributed by atoms with Crippen LogP contribution in [0.3, 0.4) is 0 Å². The number of carbonyl (C=O) groups excluding carboxylic acids is 4. The fraction of sp³-hybridized carbons (Fsp3) is 0.0968. The van der Waals surface area contributed by atoms with Crippen LogP contribution in [0.15, 0.2) is 129 Å². The summed E-state index contributed by atoms with van der Waals surface area (Å²) in [5.74, 6) is -2.17. The van der Waals surface area contributed by atoms with E-state index in [0.717, 1.165) is 0 Å². The molecule has 0 saturated heterocycles. The summed E-state index contributed by atoms with van der Waals surface area (Å²) in [5.41, 5.74) is 0.537. The van der Waals surface area contributed by atoms with Crippen LogP contribution in [0.25, 0.3) is 0 Å². The van der Waals surface area contributed by atoms with Crippen LogP contribution in [0.1, 0.15) is 47.6 Å². The molecule has 2 N–H and O–H groups in total. The lowest BCUT2D eigenvalue weighted by Gasteiger charge is -2.36. The fourth-order valence-corrected chi connectivity index (χ4v) is 4.24. The molecule has 2 atom stereocenters. The number of nitrogens with one attached hydrogen (secondary N) is 2. The number of furan rings is 3. The second-order valence-corrected chi connectivity index (χ2v) is 8.92. The molecule has 2 amide bonds. The normalized spacial score (nSPS) is 12.4. The van der Waals surface area contributed by atoms with Gasteiger partial charge in [0.15, 0.2) is 23.1 Å². The zero-order valence-corrected chi connectivity index (χ0v) is 21.6. The first-order valence-electron chi connectivity index (χ1n) is 12.7. The SMILES string of the molecule is O=C(N[C@H](C(=O)c1ccccc1)N(Cc1ccco1)[C@H](NC(=O)c1ccco1)C(=O)c1ccccc1)c1ccco1. The van der Waals surface area contributed by atoms with Crippen LogP contribution in [-0.2, 0) is 6.54 Å². The quantitative estimate of drug-likeness (QED) is 0.170. The van der Waals surface area contributed by atoms with Crippen molar-refractivity contribution in [2.24, 2.45) is 0 Å². The average Bonchev–Trinajstić information content (AvgIpc) is 3.82. The number of rotatable bonds is 12. The monoisotopic (exact) mass is 551 g/mol. The Morgan fingerprint density at radius 1 is 0.561 bits per heavy atom. The maximum Gasteiger partial charge on any atom is 0.288 e. The largest absolute Gasteiger partial charge is 0.468 e. The predicted octanol–water partition coefficient (Wildman–Crippen LogP) is 4.55. The van der Waals surface area contributed by atoms with Gasteiger partial charge in [0.05, 0.1) is 25.3 Å². The van der Waals surface area contributed by atoms with E-state index >= 15 is 0 Å². The third-order valence-corrected chi connectivity index (χ3v) is 6.22. The Morgan fingerprint density at radius 3 is 1.39 bits per heavy atom. The van der Waals surface area contributed by atoms with Crippen LogP contribution in [0.4, 0.5) is 0 Å². The fourth-order valence-electron chi connectivity index (χ4n) is 4.24. The molecule has 3 heterocycles. The van der Waals surface area contributed by atoms with Crippen LogP contribution in [0, 0.1) is 0 Å². The number of benzene rings is 2. The Balaban J connectivity index is 1.62. The van der Waals surface area contributed by atoms with E-state index in [1.165, 1.54) is 48.0 Å². The van der Waals surface area contributed by atoms with Gasteiger partial charge in [-0.1, -0.05) is 60.7 Å². The Kier molecular flexibility index (Phi) is 8.32. The van der Waals surface area contributed by atoms with Gasteiger partial charge in [-0.05, 0) is 36.4 Å². The van der Waals surface area contributed by atoms with Gasteiger partial charge < -0.3 is 23.9 Å². The van der Waals surface area contributed by atoms with E-state index in [1.807, 2.05) is 0 Å². The van der Waals surface area contributed by atoms with Gasteiger partial charge in [0.25, 0.3) is 11.8 Å². The van der Waals surface area contributed by atoms with Crippen molar-refractivity contribution in [1.29, 1.82) is 0 Å². The summed E-state index contributed by atoms with van der Waals surface area (Å²) >= 11 is 0.